The van der Waals surface area contributed by atoms with Crippen LogP contribution in [0.5, 0.6) is 0 Å². The number of ether oxygens (including phenoxy) is 1. The number of nitrogens with two attached hydrogens (primary N) is 1. The van der Waals surface area contributed by atoms with Crippen LogP contribution in [0.3, 0.4) is 0 Å². The minimum atomic E-state index is -4.91. The van der Waals surface area contributed by atoms with Crippen molar-refractivity contribution in [2.24, 2.45) is 5.92 Å². The monoisotopic (exact) mass is 575 g/mol. The molecule has 1 fully saturated rings. The van der Waals surface area contributed by atoms with Gasteiger partial charge in [0.05, 0.1) is 23.7 Å². The molecule has 1 saturated carbocycles. The zero-order valence-electron chi connectivity index (χ0n) is 20.9. The number of nitrogens with one attached hydrogen (secondary N) is 2. The number of aliphatic carboxylic acids is 1. The summed E-state index contributed by atoms with van der Waals surface area (Å²) in [6.45, 7) is -0.147. The molecule has 40 heavy (non-hydrogen) atoms. The minimum Gasteiger partial charge on any atom is -0.481 e. The number of anilines is 2. The van der Waals surface area contributed by atoms with E-state index in [1.165, 1.54) is 0 Å². The van der Waals surface area contributed by atoms with Crippen LogP contribution in [-0.2, 0) is 20.9 Å². The number of carboxylic acids is 1. The number of amides is 2. The van der Waals surface area contributed by atoms with Gasteiger partial charge in [-0.05, 0) is 30.4 Å². The lowest BCUT2D eigenvalue weighted by Crippen LogP contribution is -2.50. The van der Waals surface area contributed by atoms with Crippen LogP contribution in [0, 0.1) is 11.7 Å². The first kappa shape index (κ1) is 30.6. The van der Waals surface area contributed by atoms with Gasteiger partial charge in [0, 0.05) is 18.4 Å². The van der Waals surface area contributed by atoms with Crippen molar-refractivity contribution in [1.29, 1.82) is 0 Å². The molecule has 218 valence electrons. The Kier molecular flexibility index (Phi) is 9.53. The lowest BCUT2D eigenvalue weighted by molar-refractivity contribution is -0.157. The zero-order valence-corrected chi connectivity index (χ0v) is 20.9. The Morgan fingerprint density at radius 3 is 2.27 bits per heavy atom. The van der Waals surface area contributed by atoms with Gasteiger partial charge >= 0.3 is 18.2 Å². The van der Waals surface area contributed by atoms with Gasteiger partial charge in [0.15, 0.2) is 5.82 Å². The molecule has 0 aliphatic heterocycles. The highest BCUT2D eigenvalue weighted by atomic mass is 19.4. The van der Waals surface area contributed by atoms with E-state index in [4.69, 9.17) is 10.5 Å². The van der Waals surface area contributed by atoms with Gasteiger partial charge in [-0.25, -0.2) is 18.0 Å². The Hall–Kier alpha value is -3.97. The Balaban J connectivity index is 1.80. The number of alkyl carbamates (subject to hydrolysis) is 1. The number of carbonyl (C=O) groups is 3. The highest BCUT2D eigenvalue weighted by Crippen LogP contribution is 2.39. The van der Waals surface area contributed by atoms with Crippen molar-refractivity contribution < 1.29 is 50.6 Å². The van der Waals surface area contributed by atoms with Crippen molar-refractivity contribution in [2.45, 2.75) is 62.8 Å². The normalized spacial score (nSPS) is 16.9. The van der Waals surface area contributed by atoms with Gasteiger partial charge < -0.3 is 26.2 Å². The molecule has 2 aromatic carbocycles. The number of carboxylic acid groups (broad SMARTS) is 1. The second-order valence-electron chi connectivity index (χ2n) is 9.51. The van der Waals surface area contributed by atoms with Crippen molar-refractivity contribution in [3.63, 3.8) is 0 Å². The summed E-state index contributed by atoms with van der Waals surface area (Å²) in [7, 11) is 0. The Bertz CT molecular complexity index is 1220. The third-order valence-corrected chi connectivity index (χ3v) is 6.58. The Labute approximate surface area is 224 Å². The molecule has 3 rings (SSSR count). The van der Waals surface area contributed by atoms with Crippen molar-refractivity contribution in [2.75, 3.05) is 11.1 Å². The number of halogens is 6. The molecule has 1 aliphatic carbocycles. The van der Waals surface area contributed by atoms with Gasteiger partial charge in [0.25, 0.3) is 0 Å². The van der Waals surface area contributed by atoms with E-state index in [0.29, 0.717) is 5.56 Å². The fraction of sp³-hybridized carbons (Fsp3) is 0.423. The van der Waals surface area contributed by atoms with E-state index in [2.05, 4.69) is 10.6 Å². The maximum Gasteiger partial charge on any atom is 0.408 e. The minimum absolute atomic E-state index is 0.134. The first-order valence-corrected chi connectivity index (χ1v) is 12.2. The maximum absolute atomic E-state index is 14.9. The summed E-state index contributed by atoms with van der Waals surface area (Å²) >= 11 is 0. The molecule has 0 bridgehead atoms. The predicted octanol–water partition coefficient (Wildman–Crippen LogP) is 5.59. The number of alkyl halides is 5. The summed E-state index contributed by atoms with van der Waals surface area (Å²) in [5.74, 6) is -10.3. The molecule has 0 radical (unpaired) electrons. The first-order chi connectivity index (χ1) is 18.7. The van der Waals surface area contributed by atoms with Crippen molar-refractivity contribution in [3.05, 3.63) is 59.4 Å². The van der Waals surface area contributed by atoms with E-state index in [-0.39, 0.29) is 19.4 Å². The topological polar surface area (TPSA) is 131 Å². The van der Waals surface area contributed by atoms with E-state index < -0.39 is 90.0 Å². The van der Waals surface area contributed by atoms with Gasteiger partial charge in [-0.1, -0.05) is 36.4 Å². The SMILES string of the molecule is Nc1c(NC(=O)[C@@H](NC(=O)OCc2ccccc2)C2CCC(F)(F)CC2)ccc(C(CC(F)(F)F)C(=O)O)c1F. The van der Waals surface area contributed by atoms with Crippen LogP contribution in [0.1, 0.15) is 49.1 Å². The molecule has 2 amide bonds. The van der Waals surface area contributed by atoms with Crippen molar-refractivity contribution in [3.8, 4) is 0 Å². The van der Waals surface area contributed by atoms with Gasteiger partial charge in [-0.15, -0.1) is 0 Å². The third-order valence-electron chi connectivity index (χ3n) is 6.58. The van der Waals surface area contributed by atoms with Crippen LogP contribution < -0.4 is 16.4 Å². The second kappa shape index (κ2) is 12.5. The number of rotatable bonds is 9. The van der Waals surface area contributed by atoms with Crippen molar-refractivity contribution >= 4 is 29.3 Å². The molecule has 0 spiro atoms. The summed E-state index contributed by atoms with van der Waals surface area (Å²) in [4.78, 5) is 37.0. The van der Waals surface area contributed by atoms with Crippen LogP contribution in [0.15, 0.2) is 42.5 Å². The van der Waals surface area contributed by atoms with E-state index >= 15 is 0 Å². The average molecular weight is 576 g/mol. The molecular formula is C26H27F6N3O5. The van der Waals surface area contributed by atoms with Gasteiger partial charge in [0.2, 0.25) is 11.8 Å². The van der Waals surface area contributed by atoms with E-state index in [1.807, 2.05) is 0 Å². The highest BCUT2D eigenvalue weighted by Gasteiger charge is 2.41. The molecule has 1 aliphatic rings. The summed E-state index contributed by atoms with van der Waals surface area (Å²) < 4.78 is 86.0. The van der Waals surface area contributed by atoms with Gasteiger partial charge in [-0.2, -0.15) is 13.2 Å². The lowest BCUT2D eigenvalue weighted by Gasteiger charge is -2.33. The van der Waals surface area contributed by atoms with Crippen LogP contribution in [-0.4, -0.2) is 41.2 Å². The number of hydrogen-bond donors (Lipinski definition) is 4. The summed E-state index contributed by atoms with van der Waals surface area (Å²) in [5, 5.41) is 13.8. The smallest absolute Gasteiger partial charge is 0.408 e. The molecule has 14 heteroatoms. The van der Waals surface area contributed by atoms with E-state index in [9.17, 15) is 45.8 Å². The molecule has 2 atom stereocenters. The molecule has 5 N–H and O–H groups in total. The average Bonchev–Trinajstić information content (AvgIpc) is 2.88. The Morgan fingerprint density at radius 1 is 1.07 bits per heavy atom. The van der Waals surface area contributed by atoms with E-state index in [1.54, 1.807) is 30.3 Å². The number of hydrogen-bond acceptors (Lipinski definition) is 5. The van der Waals surface area contributed by atoms with Crippen molar-refractivity contribution in [1.82, 2.24) is 5.32 Å². The van der Waals surface area contributed by atoms with Crippen LogP contribution in [0.4, 0.5) is 42.5 Å². The quantitative estimate of drug-likeness (QED) is 0.228. The van der Waals surface area contributed by atoms with Gasteiger partial charge in [0.1, 0.15) is 12.6 Å². The summed E-state index contributed by atoms with van der Waals surface area (Å²) in [6.07, 6.45) is -9.13. The maximum atomic E-state index is 14.9. The molecular weight excluding hydrogens is 548 g/mol. The van der Waals surface area contributed by atoms with Crippen LogP contribution in [0.2, 0.25) is 0 Å². The highest BCUT2D eigenvalue weighted by molar-refractivity contribution is 5.99. The standard InChI is InChI=1S/C26H27F6N3O5/c27-19-16(17(23(37)38)12-26(30,31)32)6-7-18(20(19)33)34-22(36)21(15-8-10-25(28,29)11-9-15)35-24(39)40-13-14-4-2-1-3-5-14/h1-7,15,17,21H,8-13,33H2,(H,34,36)(H,35,39)(H,37,38)/t17?,21-/m0/s1. The lowest BCUT2D eigenvalue weighted by atomic mass is 9.81. The molecule has 0 saturated heterocycles. The molecule has 0 aromatic heterocycles. The molecule has 1 unspecified atom stereocenters. The molecule has 0 heterocycles. The molecule has 8 nitrogen and oxygen atoms in total. The number of nitrogen functional groups attached to an aromatic ring is 1. The van der Waals surface area contributed by atoms with Crippen LogP contribution in [0.25, 0.3) is 0 Å². The largest absolute Gasteiger partial charge is 0.481 e. The predicted molar refractivity (Wildman–Crippen MR) is 131 cm³/mol. The fourth-order valence-electron chi connectivity index (χ4n) is 4.45. The number of carbonyl (C=O) groups excluding carboxylic acids is 2. The first-order valence-electron chi connectivity index (χ1n) is 12.2. The third kappa shape index (κ3) is 8.26. The Morgan fingerprint density at radius 2 is 1.70 bits per heavy atom. The summed E-state index contributed by atoms with van der Waals surface area (Å²) in [5.41, 5.74) is 4.25. The van der Waals surface area contributed by atoms with Gasteiger partial charge in [-0.3, -0.25) is 9.59 Å². The fourth-order valence-corrected chi connectivity index (χ4v) is 4.45. The summed E-state index contributed by atoms with van der Waals surface area (Å²) in [6, 6.07) is 8.83. The molecule has 2 aromatic rings. The number of benzene rings is 2. The van der Waals surface area contributed by atoms with Crippen LogP contribution >= 0.6 is 0 Å². The second-order valence-corrected chi connectivity index (χ2v) is 9.51. The zero-order chi connectivity index (χ0) is 29.7. The van der Waals surface area contributed by atoms with E-state index in [0.717, 1.165) is 12.1 Å².